The largest absolute Gasteiger partial charge is 0.330 e. The first-order valence-electron chi connectivity index (χ1n) is 5.80. The number of amides is 2. The third-order valence-electron chi connectivity index (χ3n) is 3.26. The van der Waals surface area contributed by atoms with Crippen LogP contribution in [0.5, 0.6) is 0 Å². The molecular formula is C13H17N2O2+. The summed E-state index contributed by atoms with van der Waals surface area (Å²) in [5.74, 6) is -0.172. The summed E-state index contributed by atoms with van der Waals surface area (Å²) in [6.45, 7) is 2.05. The summed E-state index contributed by atoms with van der Waals surface area (Å²) in [5.41, 5.74) is 1.17. The standard InChI is InChI=1S/C13H16N2O2/c1-9(10-6-4-3-5-7-10)14-11-8-12(16)15(2)13(11)17/h3-7,9,11,14H,8H2,1-2H3/p+1/t9-,11+/m0/s1. The summed E-state index contributed by atoms with van der Waals surface area (Å²) in [4.78, 5) is 24.4. The first-order valence-corrected chi connectivity index (χ1v) is 5.80. The molecule has 90 valence electrons. The first-order chi connectivity index (χ1) is 8.09. The van der Waals surface area contributed by atoms with Gasteiger partial charge in [0.05, 0.1) is 6.42 Å². The summed E-state index contributed by atoms with van der Waals surface area (Å²) in [5, 5.41) is 1.97. The Balaban J connectivity index is 2.03. The molecule has 4 heteroatoms. The molecule has 0 bridgehead atoms. The molecule has 1 aliphatic heterocycles. The van der Waals surface area contributed by atoms with Crippen LogP contribution in [-0.2, 0) is 9.59 Å². The van der Waals surface area contributed by atoms with Crippen LogP contribution in [0.4, 0.5) is 0 Å². The number of rotatable bonds is 3. The number of likely N-dealkylation sites (tertiary alicyclic amines) is 1. The van der Waals surface area contributed by atoms with E-state index in [-0.39, 0.29) is 23.9 Å². The van der Waals surface area contributed by atoms with Gasteiger partial charge in [0.25, 0.3) is 5.91 Å². The molecule has 2 atom stereocenters. The number of carbonyl (C=O) groups is 2. The predicted octanol–water partition coefficient (Wildman–Crippen LogP) is 0.0683. The maximum atomic E-state index is 11.8. The number of hydrogen-bond acceptors (Lipinski definition) is 2. The summed E-state index contributed by atoms with van der Waals surface area (Å²) in [6, 6.07) is 9.92. The third-order valence-corrected chi connectivity index (χ3v) is 3.26. The van der Waals surface area contributed by atoms with Crippen molar-refractivity contribution in [2.45, 2.75) is 25.4 Å². The smallest absolute Gasteiger partial charge is 0.287 e. The Hall–Kier alpha value is -1.68. The van der Waals surface area contributed by atoms with Gasteiger partial charge in [-0.05, 0) is 6.92 Å². The Bertz CT molecular complexity index is 430. The van der Waals surface area contributed by atoms with Gasteiger partial charge in [0.2, 0.25) is 5.91 Å². The lowest BCUT2D eigenvalue weighted by molar-refractivity contribution is -0.711. The molecule has 17 heavy (non-hydrogen) atoms. The van der Waals surface area contributed by atoms with Crippen molar-refractivity contribution in [1.82, 2.24) is 4.90 Å². The monoisotopic (exact) mass is 233 g/mol. The Morgan fingerprint density at radius 1 is 1.29 bits per heavy atom. The molecule has 1 aromatic rings. The van der Waals surface area contributed by atoms with Crippen LogP contribution in [0.25, 0.3) is 0 Å². The fourth-order valence-corrected chi connectivity index (χ4v) is 2.15. The second kappa shape index (κ2) is 4.67. The Morgan fingerprint density at radius 2 is 1.94 bits per heavy atom. The van der Waals surface area contributed by atoms with Crippen LogP contribution in [-0.4, -0.2) is 29.8 Å². The molecule has 1 heterocycles. The van der Waals surface area contributed by atoms with E-state index in [1.54, 1.807) is 7.05 Å². The molecule has 1 aliphatic rings. The Kier molecular flexibility index (Phi) is 3.24. The molecule has 0 unspecified atom stereocenters. The van der Waals surface area contributed by atoms with Crippen LogP contribution in [0.3, 0.4) is 0 Å². The van der Waals surface area contributed by atoms with Crippen LogP contribution in [0.1, 0.15) is 24.9 Å². The van der Waals surface area contributed by atoms with Crippen LogP contribution in [0, 0.1) is 0 Å². The summed E-state index contributed by atoms with van der Waals surface area (Å²) in [7, 11) is 1.55. The Morgan fingerprint density at radius 3 is 2.47 bits per heavy atom. The topological polar surface area (TPSA) is 54.0 Å². The number of likely N-dealkylation sites (N-methyl/N-ethyl adjacent to an activating group) is 1. The van der Waals surface area contributed by atoms with Gasteiger partial charge in [-0.3, -0.25) is 14.5 Å². The van der Waals surface area contributed by atoms with Gasteiger partial charge in [-0.15, -0.1) is 0 Å². The Labute approximate surface area is 101 Å². The van der Waals surface area contributed by atoms with Crippen molar-refractivity contribution in [2.24, 2.45) is 0 Å². The summed E-state index contributed by atoms with van der Waals surface area (Å²) >= 11 is 0. The van der Waals surface area contributed by atoms with Gasteiger partial charge in [-0.25, -0.2) is 0 Å². The van der Waals surface area contributed by atoms with E-state index in [2.05, 4.69) is 0 Å². The molecular weight excluding hydrogens is 216 g/mol. The molecule has 1 saturated heterocycles. The van der Waals surface area contributed by atoms with Crippen molar-refractivity contribution in [3.05, 3.63) is 35.9 Å². The minimum atomic E-state index is -0.261. The normalized spacial score (nSPS) is 22.0. The van der Waals surface area contributed by atoms with Gasteiger partial charge in [-0.2, -0.15) is 0 Å². The van der Waals surface area contributed by atoms with Gasteiger partial charge in [0.15, 0.2) is 6.04 Å². The molecule has 2 N–H and O–H groups in total. The molecule has 2 amide bonds. The maximum Gasteiger partial charge on any atom is 0.287 e. The molecule has 2 rings (SSSR count). The van der Waals surface area contributed by atoms with Gasteiger partial charge in [0, 0.05) is 12.6 Å². The zero-order valence-corrected chi connectivity index (χ0v) is 10.1. The fourth-order valence-electron chi connectivity index (χ4n) is 2.15. The summed E-state index contributed by atoms with van der Waals surface area (Å²) in [6.07, 6.45) is 0.312. The van der Waals surface area contributed by atoms with Gasteiger partial charge >= 0.3 is 0 Å². The average Bonchev–Trinajstić information content (AvgIpc) is 2.58. The van der Waals surface area contributed by atoms with Crippen LogP contribution >= 0.6 is 0 Å². The molecule has 1 fully saturated rings. The van der Waals surface area contributed by atoms with E-state index in [1.807, 2.05) is 42.6 Å². The van der Waals surface area contributed by atoms with E-state index < -0.39 is 0 Å². The highest BCUT2D eigenvalue weighted by molar-refractivity contribution is 6.04. The molecule has 0 aliphatic carbocycles. The number of carbonyl (C=O) groups excluding carboxylic acids is 2. The highest BCUT2D eigenvalue weighted by Gasteiger charge is 2.39. The third kappa shape index (κ3) is 2.36. The summed E-state index contributed by atoms with van der Waals surface area (Å²) < 4.78 is 0. The van der Waals surface area contributed by atoms with E-state index in [0.29, 0.717) is 6.42 Å². The lowest BCUT2D eigenvalue weighted by Crippen LogP contribution is -2.91. The van der Waals surface area contributed by atoms with Crippen LogP contribution in [0.2, 0.25) is 0 Å². The fraction of sp³-hybridized carbons (Fsp3) is 0.385. The lowest BCUT2D eigenvalue weighted by Gasteiger charge is -2.14. The van der Waals surface area contributed by atoms with Crippen LogP contribution < -0.4 is 5.32 Å². The minimum Gasteiger partial charge on any atom is -0.330 e. The van der Waals surface area contributed by atoms with E-state index in [0.717, 1.165) is 0 Å². The molecule has 0 spiro atoms. The van der Waals surface area contributed by atoms with Crippen molar-refractivity contribution in [3.8, 4) is 0 Å². The molecule has 4 nitrogen and oxygen atoms in total. The zero-order valence-electron chi connectivity index (χ0n) is 10.1. The SMILES string of the molecule is C[C@H]([NH2+][C@@H]1CC(=O)N(C)C1=O)c1ccccc1. The number of nitrogens with two attached hydrogens (primary N) is 1. The van der Waals surface area contributed by atoms with Gasteiger partial charge < -0.3 is 5.32 Å². The molecule has 1 aromatic carbocycles. The predicted molar refractivity (Wildman–Crippen MR) is 63.0 cm³/mol. The lowest BCUT2D eigenvalue weighted by atomic mass is 10.1. The average molecular weight is 233 g/mol. The van der Waals surface area contributed by atoms with E-state index >= 15 is 0 Å². The zero-order chi connectivity index (χ0) is 12.4. The van der Waals surface area contributed by atoms with Crippen molar-refractivity contribution >= 4 is 11.8 Å². The maximum absolute atomic E-state index is 11.8. The molecule has 0 saturated carbocycles. The van der Waals surface area contributed by atoms with Crippen molar-refractivity contribution < 1.29 is 14.9 Å². The quantitative estimate of drug-likeness (QED) is 0.751. The minimum absolute atomic E-state index is 0.0854. The second-order valence-electron chi connectivity index (χ2n) is 4.49. The number of imide groups is 1. The first kappa shape index (κ1) is 11.8. The highest BCUT2D eigenvalue weighted by Crippen LogP contribution is 2.11. The number of hydrogen-bond donors (Lipinski definition) is 1. The highest BCUT2D eigenvalue weighted by atomic mass is 16.2. The van der Waals surface area contributed by atoms with Crippen molar-refractivity contribution in [3.63, 3.8) is 0 Å². The molecule has 0 aromatic heterocycles. The van der Waals surface area contributed by atoms with E-state index in [1.165, 1.54) is 10.5 Å². The number of quaternary nitrogens is 1. The second-order valence-corrected chi connectivity index (χ2v) is 4.49. The van der Waals surface area contributed by atoms with E-state index in [4.69, 9.17) is 0 Å². The van der Waals surface area contributed by atoms with Crippen molar-refractivity contribution in [1.29, 1.82) is 0 Å². The van der Waals surface area contributed by atoms with E-state index in [9.17, 15) is 9.59 Å². The van der Waals surface area contributed by atoms with Gasteiger partial charge in [0.1, 0.15) is 6.04 Å². The number of nitrogens with zero attached hydrogens (tertiary/aromatic N) is 1. The van der Waals surface area contributed by atoms with Crippen molar-refractivity contribution in [2.75, 3.05) is 7.05 Å². The number of benzene rings is 1. The van der Waals surface area contributed by atoms with Crippen LogP contribution in [0.15, 0.2) is 30.3 Å². The molecule has 0 radical (unpaired) electrons. The van der Waals surface area contributed by atoms with Gasteiger partial charge in [-0.1, -0.05) is 30.3 Å².